The van der Waals surface area contributed by atoms with E-state index in [-0.39, 0.29) is 5.88 Å². The van der Waals surface area contributed by atoms with Gasteiger partial charge in [0.15, 0.2) is 0 Å². The molecule has 2 heterocycles. The van der Waals surface area contributed by atoms with Gasteiger partial charge in [-0.15, -0.1) is 0 Å². The largest absolute Gasteiger partial charge is 0.440 e. The molecule has 2 aliphatic rings. The molecule has 0 bridgehead atoms. The van der Waals surface area contributed by atoms with Gasteiger partial charge < -0.3 is 10.5 Å². The highest BCUT2D eigenvalue weighted by Gasteiger charge is 2.38. The Bertz CT molecular complexity index is 1400. The minimum absolute atomic E-state index is 0.109. The summed E-state index contributed by atoms with van der Waals surface area (Å²) < 4.78 is 6.14. The second-order valence-electron chi connectivity index (χ2n) is 8.62. The summed E-state index contributed by atoms with van der Waals surface area (Å²) in [6.45, 7) is 2.00. The number of hydrogen-bond acceptors (Lipinski definition) is 4. The number of hydrogen-bond donors (Lipinski definition) is 1. The monoisotopic (exact) mass is 499 g/mol. The first-order valence-electron chi connectivity index (χ1n) is 11.3. The Kier molecular flexibility index (Phi) is 6.66. The van der Waals surface area contributed by atoms with Crippen LogP contribution in [-0.4, -0.2) is 18.0 Å². The van der Waals surface area contributed by atoms with Crippen molar-refractivity contribution < 1.29 is 4.74 Å². The molecule has 0 aromatic heterocycles. The highest BCUT2D eigenvalue weighted by atomic mass is 35.5. The van der Waals surface area contributed by atoms with E-state index in [2.05, 4.69) is 23.1 Å². The number of halogens is 2. The molecule has 0 spiro atoms. The third kappa shape index (κ3) is 4.72. The number of nitrogens with two attached hydrogens (primary N) is 1. The molecule has 4 nitrogen and oxygen atoms in total. The summed E-state index contributed by atoms with van der Waals surface area (Å²) in [5.41, 5.74) is 11.5. The van der Waals surface area contributed by atoms with Gasteiger partial charge in [-0.3, -0.25) is 4.90 Å². The molecule has 5 rings (SSSR count). The lowest BCUT2D eigenvalue weighted by Gasteiger charge is -2.38. The van der Waals surface area contributed by atoms with Crippen molar-refractivity contribution in [3.8, 4) is 6.07 Å². The Balaban J connectivity index is 1.66. The van der Waals surface area contributed by atoms with Crippen molar-refractivity contribution in [2.24, 2.45) is 5.73 Å². The number of ether oxygens (including phenoxy) is 1. The summed E-state index contributed by atoms with van der Waals surface area (Å²) in [6, 6.07) is 27.9. The van der Waals surface area contributed by atoms with Crippen molar-refractivity contribution in [1.29, 1.82) is 5.26 Å². The van der Waals surface area contributed by atoms with Crippen LogP contribution in [0.5, 0.6) is 0 Å². The molecule has 35 heavy (non-hydrogen) atoms. The van der Waals surface area contributed by atoms with Crippen molar-refractivity contribution in [1.82, 2.24) is 4.90 Å². The minimum Gasteiger partial charge on any atom is -0.440 e. The van der Waals surface area contributed by atoms with E-state index in [1.165, 1.54) is 5.56 Å². The first-order valence-corrected chi connectivity index (χ1v) is 12.1. The highest BCUT2D eigenvalue weighted by molar-refractivity contribution is 6.32. The van der Waals surface area contributed by atoms with Crippen LogP contribution in [0.25, 0.3) is 6.08 Å². The lowest BCUT2D eigenvalue weighted by Crippen LogP contribution is -2.37. The SMILES string of the molecule is N#CC1=C(N)OC2=C(CN(Cc3ccccc3)CC2=Cc2ccccc2Cl)C1c1ccccc1Cl. The number of nitriles is 1. The van der Waals surface area contributed by atoms with Crippen LogP contribution < -0.4 is 5.73 Å². The molecule has 174 valence electrons. The van der Waals surface area contributed by atoms with E-state index in [1.54, 1.807) is 0 Å². The number of rotatable bonds is 4. The molecule has 0 aliphatic carbocycles. The summed E-state index contributed by atoms with van der Waals surface area (Å²) in [5, 5.41) is 11.3. The van der Waals surface area contributed by atoms with Gasteiger partial charge in [-0.05, 0) is 40.5 Å². The predicted molar refractivity (Wildman–Crippen MR) is 140 cm³/mol. The summed E-state index contributed by atoms with van der Waals surface area (Å²) in [4.78, 5) is 2.33. The first kappa shape index (κ1) is 23.3. The molecule has 3 aromatic rings. The minimum atomic E-state index is -0.398. The molecule has 6 heteroatoms. The third-order valence-corrected chi connectivity index (χ3v) is 6.99. The fourth-order valence-electron chi connectivity index (χ4n) is 4.74. The van der Waals surface area contributed by atoms with Crippen LogP contribution in [-0.2, 0) is 11.3 Å². The van der Waals surface area contributed by atoms with Gasteiger partial charge in [0, 0.05) is 35.3 Å². The molecule has 0 radical (unpaired) electrons. The van der Waals surface area contributed by atoms with Crippen molar-refractivity contribution >= 4 is 29.3 Å². The standard InChI is InChI=1S/C29H23Cl2N3O/c30-25-12-6-4-10-20(25)14-21-17-34(16-19-8-2-1-3-9-19)18-24-27(22-11-5-7-13-26(22)31)23(15-32)29(33)35-28(21)24/h1-14,27H,16-18,33H2. The summed E-state index contributed by atoms with van der Waals surface area (Å²) in [7, 11) is 0. The van der Waals surface area contributed by atoms with Gasteiger partial charge >= 0.3 is 0 Å². The zero-order chi connectivity index (χ0) is 24.4. The van der Waals surface area contributed by atoms with E-state index < -0.39 is 5.92 Å². The lowest BCUT2D eigenvalue weighted by atomic mass is 9.80. The average molecular weight is 500 g/mol. The van der Waals surface area contributed by atoms with Crippen molar-refractivity contribution in [2.75, 3.05) is 13.1 Å². The van der Waals surface area contributed by atoms with Gasteiger partial charge in [-0.2, -0.15) is 5.26 Å². The highest BCUT2D eigenvalue weighted by Crippen LogP contribution is 2.45. The molecule has 0 saturated heterocycles. The van der Waals surface area contributed by atoms with E-state index in [4.69, 9.17) is 33.7 Å². The Morgan fingerprint density at radius 2 is 1.63 bits per heavy atom. The lowest BCUT2D eigenvalue weighted by molar-refractivity contribution is 0.230. The van der Waals surface area contributed by atoms with E-state index in [1.807, 2.05) is 72.8 Å². The number of benzene rings is 3. The van der Waals surface area contributed by atoms with Crippen LogP contribution in [0.1, 0.15) is 22.6 Å². The van der Waals surface area contributed by atoms with E-state index in [0.29, 0.717) is 34.5 Å². The van der Waals surface area contributed by atoms with Crippen molar-refractivity contribution in [2.45, 2.75) is 12.5 Å². The van der Waals surface area contributed by atoms with Crippen molar-refractivity contribution in [3.05, 3.63) is 134 Å². The normalized spacial score (nSPS) is 19.3. The zero-order valence-corrected chi connectivity index (χ0v) is 20.4. The molecule has 3 aromatic carbocycles. The fourth-order valence-corrected chi connectivity index (χ4v) is 5.17. The molecule has 2 aliphatic heterocycles. The van der Waals surface area contributed by atoms with Gasteiger partial charge in [0.05, 0.1) is 5.92 Å². The number of allylic oxidation sites excluding steroid dienone is 1. The Labute approximate surface area is 215 Å². The predicted octanol–water partition coefficient (Wildman–Crippen LogP) is 6.65. The maximum absolute atomic E-state index is 10.0. The third-order valence-electron chi connectivity index (χ3n) is 6.31. The Morgan fingerprint density at radius 1 is 0.943 bits per heavy atom. The molecule has 1 atom stereocenters. The van der Waals surface area contributed by atoms with E-state index in [0.717, 1.165) is 28.8 Å². The first-order chi connectivity index (χ1) is 17.0. The maximum Gasteiger partial charge on any atom is 0.205 e. The molecule has 0 fully saturated rings. The zero-order valence-electron chi connectivity index (χ0n) is 18.9. The molecular weight excluding hydrogens is 477 g/mol. The van der Waals surface area contributed by atoms with Crippen LogP contribution in [0.4, 0.5) is 0 Å². The van der Waals surface area contributed by atoms with Gasteiger partial charge in [-0.25, -0.2) is 0 Å². The smallest absolute Gasteiger partial charge is 0.205 e. The van der Waals surface area contributed by atoms with Gasteiger partial charge in [0.1, 0.15) is 17.4 Å². The second kappa shape index (κ2) is 10.0. The summed E-state index contributed by atoms with van der Waals surface area (Å²) in [5.74, 6) is 0.402. The second-order valence-corrected chi connectivity index (χ2v) is 9.44. The summed E-state index contributed by atoms with van der Waals surface area (Å²) in [6.07, 6.45) is 2.04. The molecule has 2 N–H and O–H groups in total. The van der Waals surface area contributed by atoms with Gasteiger partial charge in [0.2, 0.25) is 5.88 Å². The van der Waals surface area contributed by atoms with Crippen LogP contribution in [0.3, 0.4) is 0 Å². The van der Waals surface area contributed by atoms with Gasteiger partial charge in [-0.1, -0.05) is 89.9 Å². The quantitative estimate of drug-likeness (QED) is 0.436. The van der Waals surface area contributed by atoms with Crippen LogP contribution in [0, 0.1) is 11.3 Å². The van der Waals surface area contributed by atoms with Crippen LogP contribution in [0.2, 0.25) is 10.0 Å². The molecular formula is C29H23Cl2N3O. The topological polar surface area (TPSA) is 62.3 Å². The van der Waals surface area contributed by atoms with Crippen LogP contribution >= 0.6 is 23.2 Å². The molecule has 0 saturated carbocycles. The molecule has 0 amide bonds. The Hall–Kier alpha value is -3.49. The van der Waals surface area contributed by atoms with E-state index >= 15 is 0 Å². The summed E-state index contributed by atoms with van der Waals surface area (Å²) >= 11 is 13.1. The van der Waals surface area contributed by atoms with Crippen LogP contribution in [0.15, 0.2) is 107 Å². The maximum atomic E-state index is 10.0. The average Bonchev–Trinajstić information content (AvgIpc) is 2.86. The molecule has 1 unspecified atom stereocenters. The van der Waals surface area contributed by atoms with E-state index in [9.17, 15) is 5.26 Å². The Morgan fingerprint density at radius 3 is 2.34 bits per heavy atom. The fraction of sp³-hybridized carbons (Fsp3) is 0.138. The van der Waals surface area contributed by atoms with Crippen molar-refractivity contribution in [3.63, 3.8) is 0 Å². The van der Waals surface area contributed by atoms with Gasteiger partial charge in [0.25, 0.3) is 0 Å². The number of nitrogens with zero attached hydrogens (tertiary/aromatic N) is 2.